The fraction of sp³-hybridized carbons (Fsp3) is 0.188. The van der Waals surface area contributed by atoms with Crippen LogP contribution in [0.1, 0.15) is 10.4 Å². The molecule has 0 saturated heterocycles. The van der Waals surface area contributed by atoms with Gasteiger partial charge in [0.05, 0.1) is 18.4 Å². The zero-order chi connectivity index (χ0) is 17.3. The molecule has 0 N–H and O–H groups in total. The monoisotopic (exact) mass is 364 g/mol. The summed E-state index contributed by atoms with van der Waals surface area (Å²) in [6.07, 6.45) is 0. The molecule has 5 nitrogen and oxygen atoms in total. The molecule has 0 unspecified atom stereocenters. The number of hydrogen-bond donors (Lipinski definition) is 0. The second kappa shape index (κ2) is 6.74. The van der Waals surface area contributed by atoms with Crippen LogP contribution in [0.25, 0.3) is 10.2 Å². The van der Waals surface area contributed by atoms with E-state index in [9.17, 15) is 14.0 Å². The minimum Gasteiger partial charge on any atom is -0.494 e. The Morgan fingerprint density at radius 2 is 2.21 bits per heavy atom. The molecule has 0 aliphatic rings. The van der Waals surface area contributed by atoms with Gasteiger partial charge in [-0.1, -0.05) is 11.8 Å². The molecule has 24 heavy (non-hydrogen) atoms. The molecule has 8 heteroatoms. The number of thioether (sulfide) groups is 1. The number of Topliss-reactive ketones (excluding diaryl/α,β-unsaturated/α-hetero) is 1. The molecule has 0 spiro atoms. The number of fused-ring (bicyclic) bond motifs is 1. The third-order valence-electron chi connectivity index (χ3n) is 3.45. The van der Waals surface area contributed by atoms with Gasteiger partial charge in [0.15, 0.2) is 22.5 Å². The highest BCUT2D eigenvalue weighted by atomic mass is 32.2. The van der Waals surface area contributed by atoms with Crippen LogP contribution in [0.3, 0.4) is 0 Å². The van der Waals surface area contributed by atoms with E-state index in [2.05, 4.69) is 4.98 Å². The van der Waals surface area contributed by atoms with Crippen molar-refractivity contribution < 1.29 is 13.9 Å². The van der Waals surface area contributed by atoms with Crippen molar-refractivity contribution in [2.75, 3.05) is 12.9 Å². The first-order chi connectivity index (χ1) is 11.5. The highest BCUT2D eigenvalue weighted by molar-refractivity contribution is 7.99. The number of carbonyl (C=O) groups excluding carboxylic acids is 1. The van der Waals surface area contributed by atoms with Gasteiger partial charge in [0.1, 0.15) is 4.70 Å². The average molecular weight is 364 g/mol. The topological polar surface area (TPSA) is 61.2 Å². The van der Waals surface area contributed by atoms with Crippen LogP contribution >= 0.6 is 23.1 Å². The van der Waals surface area contributed by atoms with Crippen LogP contribution in [0, 0.1) is 5.82 Å². The number of benzene rings is 1. The Bertz CT molecular complexity index is 981. The predicted molar refractivity (Wildman–Crippen MR) is 92.9 cm³/mol. The Morgan fingerprint density at radius 3 is 2.92 bits per heavy atom. The molecule has 2 heterocycles. The molecule has 0 aliphatic carbocycles. The van der Waals surface area contributed by atoms with Crippen molar-refractivity contribution in [1.82, 2.24) is 9.55 Å². The third kappa shape index (κ3) is 3.07. The minimum absolute atomic E-state index is 0.0572. The number of ether oxygens (including phenoxy) is 1. The first-order valence-corrected chi connectivity index (χ1v) is 8.81. The van der Waals surface area contributed by atoms with Gasteiger partial charge in [0, 0.05) is 12.6 Å². The fourth-order valence-corrected chi connectivity index (χ4v) is 3.82. The molecule has 0 bridgehead atoms. The van der Waals surface area contributed by atoms with E-state index in [1.54, 1.807) is 18.5 Å². The number of rotatable bonds is 5. The molecule has 3 rings (SSSR count). The molecule has 0 radical (unpaired) electrons. The van der Waals surface area contributed by atoms with E-state index in [4.69, 9.17) is 4.74 Å². The summed E-state index contributed by atoms with van der Waals surface area (Å²) in [6.45, 7) is 0. The summed E-state index contributed by atoms with van der Waals surface area (Å²) >= 11 is 2.49. The Balaban J connectivity index is 1.80. The summed E-state index contributed by atoms with van der Waals surface area (Å²) in [4.78, 5) is 28.8. The molecule has 0 aliphatic heterocycles. The predicted octanol–water partition coefficient (Wildman–Crippen LogP) is 3.12. The summed E-state index contributed by atoms with van der Waals surface area (Å²) in [5.41, 5.74) is 0.733. The maximum absolute atomic E-state index is 13.7. The number of aromatic nitrogens is 2. The maximum Gasteiger partial charge on any atom is 0.271 e. The van der Waals surface area contributed by atoms with Crippen LogP contribution in [0.15, 0.2) is 39.6 Å². The number of nitrogens with zero attached hydrogens (tertiary/aromatic N) is 2. The standard InChI is InChI=1S/C16H13FN2O3S2/c1-19-15(21)14-11(5-6-23-14)18-16(19)24-8-12(20)9-3-4-13(22-2)10(17)7-9/h3-7H,8H2,1-2H3. The number of methoxy groups -OCH3 is 1. The van der Waals surface area contributed by atoms with Gasteiger partial charge in [0.25, 0.3) is 5.56 Å². The van der Waals surface area contributed by atoms with Gasteiger partial charge < -0.3 is 4.74 Å². The van der Waals surface area contributed by atoms with Gasteiger partial charge in [-0.2, -0.15) is 0 Å². The van der Waals surface area contributed by atoms with Gasteiger partial charge in [0.2, 0.25) is 0 Å². The van der Waals surface area contributed by atoms with Crippen molar-refractivity contribution in [2.45, 2.75) is 5.16 Å². The number of halogens is 1. The minimum atomic E-state index is -0.585. The molecular formula is C16H13FN2O3S2. The molecule has 3 aromatic rings. The molecule has 2 aromatic heterocycles. The SMILES string of the molecule is COc1ccc(C(=O)CSc2nc3ccsc3c(=O)n2C)cc1F. The summed E-state index contributed by atoms with van der Waals surface area (Å²) < 4.78 is 20.5. The Morgan fingerprint density at radius 1 is 1.42 bits per heavy atom. The molecule has 124 valence electrons. The maximum atomic E-state index is 13.7. The summed E-state index contributed by atoms with van der Waals surface area (Å²) in [5.74, 6) is -0.687. The smallest absolute Gasteiger partial charge is 0.271 e. The van der Waals surface area contributed by atoms with Crippen molar-refractivity contribution in [3.8, 4) is 5.75 Å². The Labute approximate surface area is 145 Å². The van der Waals surface area contributed by atoms with Crippen molar-refractivity contribution in [3.05, 3.63) is 51.4 Å². The lowest BCUT2D eigenvalue weighted by molar-refractivity contribution is 0.102. The van der Waals surface area contributed by atoms with Crippen molar-refractivity contribution in [2.24, 2.45) is 7.05 Å². The van der Waals surface area contributed by atoms with Gasteiger partial charge in [-0.25, -0.2) is 9.37 Å². The quantitative estimate of drug-likeness (QED) is 0.395. The summed E-state index contributed by atoms with van der Waals surface area (Å²) in [6, 6.07) is 5.85. The van der Waals surface area contributed by atoms with Gasteiger partial charge in [-0.15, -0.1) is 11.3 Å². The Hall–Kier alpha value is -2.19. The third-order valence-corrected chi connectivity index (χ3v) is 5.37. The molecule has 0 amide bonds. The van der Waals surface area contributed by atoms with Crippen LogP contribution in [-0.2, 0) is 7.05 Å². The molecule has 0 fully saturated rings. The lowest BCUT2D eigenvalue weighted by atomic mass is 10.1. The van der Waals surface area contributed by atoms with Crippen molar-refractivity contribution in [3.63, 3.8) is 0 Å². The number of hydrogen-bond acceptors (Lipinski definition) is 6. The van der Waals surface area contributed by atoms with E-state index in [-0.39, 0.29) is 28.4 Å². The zero-order valence-corrected chi connectivity index (χ0v) is 14.5. The first-order valence-electron chi connectivity index (χ1n) is 6.95. The van der Waals surface area contributed by atoms with Crippen LogP contribution in [0.4, 0.5) is 4.39 Å². The van der Waals surface area contributed by atoms with E-state index in [1.807, 2.05) is 0 Å². The van der Waals surface area contributed by atoms with Gasteiger partial charge >= 0.3 is 0 Å². The molecular weight excluding hydrogens is 351 g/mol. The number of carbonyl (C=O) groups is 1. The van der Waals surface area contributed by atoms with E-state index in [0.717, 1.165) is 17.8 Å². The lowest BCUT2D eigenvalue weighted by Gasteiger charge is -2.07. The van der Waals surface area contributed by atoms with Crippen LogP contribution < -0.4 is 10.3 Å². The Kier molecular flexibility index (Phi) is 4.68. The highest BCUT2D eigenvalue weighted by Gasteiger charge is 2.14. The van der Waals surface area contributed by atoms with E-state index >= 15 is 0 Å². The second-order valence-electron chi connectivity index (χ2n) is 4.95. The average Bonchev–Trinajstić information content (AvgIpc) is 3.05. The lowest BCUT2D eigenvalue weighted by Crippen LogP contribution is -2.19. The van der Waals surface area contributed by atoms with Crippen molar-refractivity contribution >= 4 is 39.1 Å². The zero-order valence-electron chi connectivity index (χ0n) is 12.9. The number of ketones is 1. The first kappa shape index (κ1) is 16.7. The van der Waals surface area contributed by atoms with Gasteiger partial charge in [-0.05, 0) is 29.6 Å². The second-order valence-corrected chi connectivity index (χ2v) is 6.81. The van der Waals surface area contributed by atoms with E-state index < -0.39 is 5.82 Å². The summed E-state index contributed by atoms with van der Waals surface area (Å²) in [5, 5.41) is 2.26. The highest BCUT2D eigenvalue weighted by Crippen LogP contribution is 2.22. The van der Waals surface area contributed by atoms with Crippen LogP contribution in [0.5, 0.6) is 5.75 Å². The largest absolute Gasteiger partial charge is 0.494 e. The normalized spacial score (nSPS) is 11.0. The van der Waals surface area contributed by atoms with E-state index in [1.165, 1.54) is 35.1 Å². The molecule has 0 atom stereocenters. The van der Waals surface area contributed by atoms with Crippen molar-refractivity contribution in [1.29, 1.82) is 0 Å². The fourth-order valence-electron chi connectivity index (χ4n) is 2.15. The number of thiophene rings is 1. The molecule has 1 aromatic carbocycles. The molecule has 0 saturated carbocycles. The van der Waals surface area contributed by atoms with Crippen LogP contribution in [0.2, 0.25) is 0 Å². The van der Waals surface area contributed by atoms with Crippen LogP contribution in [-0.4, -0.2) is 28.2 Å². The summed E-state index contributed by atoms with van der Waals surface area (Å²) in [7, 11) is 2.98. The van der Waals surface area contributed by atoms with E-state index in [0.29, 0.717) is 15.4 Å². The van der Waals surface area contributed by atoms with Gasteiger partial charge in [-0.3, -0.25) is 14.2 Å².